The number of nitrogens with one attached hydrogen (secondary N) is 2. The Kier molecular flexibility index (Phi) is 7.08. The molecule has 3 aromatic rings. The summed E-state index contributed by atoms with van der Waals surface area (Å²) in [5.41, 5.74) is 4.31. The first-order chi connectivity index (χ1) is 14.4. The van der Waals surface area contributed by atoms with Gasteiger partial charge in [0.2, 0.25) is 0 Å². The number of anilines is 2. The fourth-order valence-corrected chi connectivity index (χ4v) is 3.15. The Balaban J connectivity index is 1.75. The summed E-state index contributed by atoms with van der Waals surface area (Å²) < 4.78 is 7.83. The molecule has 0 bridgehead atoms. The summed E-state index contributed by atoms with van der Waals surface area (Å²) in [6.45, 7) is 3.56. The van der Waals surface area contributed by atoms with Crippen molar-refractivity contribution in [2.45, 2.75) is 13.3 Å². The average molecular weight is 408 g/mol. The van der Waals surface area contributed by atoms with Crippen molar-refractivity contribution in [2.24, 2.45) is 7.05 Å². The van der Waals surface area contributed by atoms with Crippen LogP contribution in [0.4, 0.5) is 16.2 Å². The fraction of sp³-hybridized carbons (Fsp3) is 0.304. The molecule has 0 spiro atoms. The molecule has 7 nitrogen and oxygen atoms in total. The smallest absolute Gasteiger partial charge is 0.323 e. The van der Waals surface area contributed by atoms with E-state index in [-0.39, 0.29) is 6.03 Å². The molecule has 0 saturated heterocycles. The first-order valence-corrected chi connectivity index (χ1v) is 9.97. The van der Waals surface area contributed by atoms with Crippen molar-refractivity contribution < 1.29 is 9.53 Å². The van der Waals surface area contributed by atoms with Gasteiger partial charge in [0.1, 0.15) is 5.75 Å². The molecule has 2 N–H and O–H groups in total. The predicted molar refractivity (Wildman–Crippen MR) is 121 cm³/mol. The van der Waals surface area contributed by atoms with E-state index in [1.807, 2.05) is 76.6 Å². The molecule has 2 amide bonds. The highest BCUT2D eigenvalue weighted by atomic mass is 16.5. The summed E-state index contributed by atoms with van der Waals surface area (Å²) in [5, 5.41) is 10.0. The third kappa shape index (κ3) is 5.84. The summed E-state index contributed by atoms with van der Waals surface area (Å²) in [5.74, 6) is 0.766. The molecule has 0 atom stereocenters. The van der Waals surface area contributed by atoms with E-state index in [0.717, 1.165) is 41.2 Å². The minimum atomic E-state index is -0.295. The van der Waals surface area contributed by atoms with Crippen molar-refractivity contribution in [1.29, 1.82) is 0 Å². The second-order valence-electron chi connectivity index (χ2n) is 7.50. The van der Waals surface area contributed by atoms with Crippen LogP contribution in [0.1, 0.15) is 12.0 Å². The Morgan fingerprint density at radius 2 is 1.87 bits per heavy atom. The lowest BCUT2D eigenvalue weighted by Crippen LogP contribution is -2.19. The highest BCUT2D eigenvalue weighted by Gasteiger charge is 2.13. The number of amides is 2. The van der Waals surface area contributed by atoms with Gasteiger partial charge in [0.25, 0.3) is 0 Å². The van der Waals surface area contributed by atoms with E-state index in [2.05, 4.69) is 20.6 Å². The van der Waals surface area contributed by atoms with Crippen LogP contribution in [0.15, 0.2) is 54.7 Å². The minimum Gasteiger partial charge on any atom is -0.493 e. The number of aromatic nitrogens is 2. The Bertz CT molecular complexity index is 997. The summed E-state index contributed by atoms with van der Waals surface area (Å²) in [6.07, 6.45) is 2.67. The Morgan fingerprint density at radius 1 is 1.10 bits per heavy atom. The number of carbonyl (C=O) groups excluding carboxylic acids is 1. The molecule has 2 aromatic carbocycles. The van der Waals surface area contributed by atoms with Crippen LogP contribution >= 0.6 is 0 Å². The van der Waals surface area contributed by atoms with E-state index < -0.39 is 0 Å². The summed E-state index contributed by atoms with van der Waals surface area (Å²) in [4.78, 5) is 14.6. The number of rotatable bonds is 8. The van der Waals surface area contributed by atoms with Gasteiger partial charge in [-0.2, -0.15) is 5.10 Å². The van der Waals surface area contributed by atoms with Gasteiger partial charge in [-0.25, -0.2) is 4.79 Å². The topological polar surface area (TPSA) is 71.4 Å². The maximum Gasteiger partial charge on any atom is 0.323 e. The summed E-state index contributed by atoms with van der Waals surface area (Å²) in [6, 6.07) is 15.0. The highest BCUT2D eigenvalue weighted by molar-refractivity contribution is 6.00. The second kappa shape index (κ2) is 9.93. The van der Waals surface area contributed by atoms with E-state index in [4.69, 9.17) is 4.74 Å². The lowest BCUT2D eigenvalue weighted by atomic mass is 10.1. The van der Waals surface area contributed by atoms with E-state index in [0.29, 0.717) is 12.3 Å². The molecule has 1 heterocycles. The maximum absolute atomic E-state index is 12.4. The Labute approximate surface area is 177 Å². The van der Waals surface area contributed by atoms with Crippen LogP contribution in [-0.2, 0) is 7.05 Å². The van der Waals surface area contributed by atoms with Crippen LogP contribution in [0.2, 0.25) is 0 Å². The molecule has 0 aliphatic rings. The third-order valence-electron chi connectivity index (χ3n) is 4.62. The van der Waals surface area contributed by atoms with Gasteiger partial charge in [-0.1, -0.05) is 12.1 Å². The summed E-state index contributed by atoms with van der Waals surface area (Å²) in [7, 11) is 5.97. The lowest BCUT2D eigenvalue weighted by Gasteiger charge is -2.15. The van der Waals surface area contributed by atoms with Crippen molar-refractivity contribution in [2.75, 3.05) is 37.9 Å². The number of ether oxygens (including phenoxy) is 1. The molecule has 0 unspecified atom stereocenters. The molecule has 30 heavy (non-hydrogen) atoms. The van der Waals surface area contributed by atoms with E-state index >= 15 is 0 Å². The lowest BCUT2D eigenvalue weighted by molar-refractivity contribution is 0.262. The summed E-state index contributed by atoms with van der Waals surface area (Å²) >= 11 is 0. The number of hydrogen-bond donors (Lipinski definition) is 2. The number of carbonyl (C=O) groups is 1. The highest BCUT2D eigenvalue weighted by Crippen LogP contribution is 2.32. The monoisotopic (exact) mass is 407 g/mol. The molecule has 7 heteroatoms. The SMILES string of the molecule is Cc1cccc(NC(=O)Nc2ccc(OCCCN(C)C)c(-c3ccnn3C)c2)c1. The third-order valence-corrected chi connectivity index (χ3v) is 4.62. The zero-order chi connectivity index (χ0) is 21.5. The van der Waals surface area contributed by atoms with Gasteiger partial charge >= 0.3 is 6.03 Å². The van der Waals surface area contributed by atoms with Gasteiger partial charge in [0, 0.05) is 36.7 Å². The van der Waals surface area contributed by atoms with Crippen LogP contribution in [0.3, 0.4) is 0 Å². The minimum absolute atomic E-state index is 0.295. The molecular weight excluding hydrogens is 378 g/mol. The standard InChI is InChI=1S/C23H29N5O2/c1-17-7-5-8-18(15-17)25-23(29)26-19-9-10-22(30-14-6-13-27(2)3)20(16-19)21-11-12-24-28(21)4/h5,7-12,15-16H,6,13-14H2,1-4H3,(H2,25,26,29). The Morgan fingerprint density at radius 3 is 2.53 bits per heavy atom. The average Bonchev–Trinajstić information content (AvgIpc) is 3.11. The molecule has 1 aromatic heterocycles. The molecule has 0 saturated carbocycles. The molecule has 0 radical (unpaired) electrons. The second-order valence-corrected chi connectivity index (χ2v) is 7.50. The van der Waals surface area contributed by atoms with E-state index in [1.54, 1.807) is 10.9 Å². The molecule has 0 fully saturated rings. The number of aryl methyl sites for hydroxylation is 2. The fourth-order valence-electron chi connectivity index (χ4n) is 3.15. The van der Waals surface area contributed by atoms with Crippen LogP contribution in [0.25, 0.3) is 11.3 Å². The van der Waals surface area contributed by atoms with Gasteiger partial charge < -0.3 is 20.3 Å². The molecule has 3 rings (SSSR count). The van der Waals surface area contributed by atoms with Crippen molar-refractivity contribution in [1.82, 2.24) is 14.7 Å². The zero-order valence-corrected chi connectivity index (χ0v) is 18.0. The van der Waals surface area contributed by atoms with Crippen LogP contribution in [0, 0.1) is 6.92 Å². The maximum atomic E-state index is 12.4. The van der Waals surface area contributed by atoms with Crippen molar-refractivity contribution >= 4 is 17.4 Å². The van der Waals surface area contributed by atoms with E-state index in [9.17, 15) is 4.79 Å². The van der Waals surface area contributed by atoms with Gasteiger partial charge in [-0.15, -0.1) is 0 Å². The zero-order valence-electron chi connectivity index (χ0n) is 18.0. The first-order valence-electron chi connectivity index (χ1n) is 9.97. The quantitative estimate of drug-likeness (QED) is 0.544. The van der Waals surface area contributed by atoms with Crippen LogP contribution in [-0.4, -0.2) is 48.0 Å². The van der Waals surface area contributed by atoms with Crippen molar-refractivity contribution in [3.63, 3.8) is 0 Å². The first kappa shape index (κ1) is 21.4. The number of urea groups is 1. The van der Waals surface area contributed by atoms with Gasteiger partial charge in [0.05, 0.1) is 12.3 Å². The molecule has 0 aliphatic heterocycles. The molecular formula is C23H29N5O2. The van der Waals surface area contributed by atoms with Gasteiger partial charge in [-0.3, -0.25) is 4.68 Å². The number of benzene rings is 2. The van der Waals surface area contributed by atoms with Gasteiger partial charge in [-0.05, 0) is 69.4 Å². The Hall–Kier alpha value is -3.32. The largest absolute Gasteiger partial charge is 0.493 e. The normalized spacial score (nSPS) is 10.8. The number of hydrogen-bond acceptors (Lipinski definition) is 4. The molecule has 158 valence electrons. The van der Waals surface area contributed by atoms with Crippen LogP contribution < -0.4 is 15.4 Å². The van der Waals surface area contributed by atoms with Gasteiger partial charge in [0.15, 0.2) is 0 Å². The van der Waals surface area contributed by atoms with Crippen LogP contribution in [0.5, 0.6) is 5.75 Å². The molecule has 0 aliphatic carbocycles. The predicted octanol–water partition coefficient (Wildman–Crippen LogP) is 4.37. The van der Waals surface area contributed by atoms with Crippen molar-refractivity contribution in [3.8, 4) is 17.0 Å². The number of nitrogens with zero attached hydrogens (tertiary/aromatic N) is 3. The van der Waals surface area contributed by atoms with Crippen molar-refractivity contribution in [3.05, 3.63) is 60.3 Å². The van der Waals surface area contributed by atoms with E-state index in [1.165, 1.54) is 0 Å².